The molecule has 1 unspecified atom stereocenters. The zero-order valence-corrected chi connectivity index (χ0v) is 15.5. The summed E-state index contributed by atoms with van der Waals surface area (Å²) in [5.74, 6) is 0. The van der Waals surface area contributed by atoms with Gasteiger partial charge in [-0.3, -0.25) is 0 Å². The smallest absolute Gasteiger partial charge is 0.0514 e. The number of hydrogen-bond donors (Lipinski definition) is 0. The monoisotopic (exact) mass is 327 g/mol. The Labute approximate surface area is 143 Å². The first kappa shape index (κ1) is 15.7. The summed E-state index contributed by atoms with van der Waals surface area (Å²) in [4.78, 5) is 0. The van der Waals surface area contributed by atoms with Crippen LogP contribution in [0.5, 0.6) is 0 Å². The van der Waals surface area contributed by atoms with E-state index >= 15 is 0 Å². The van der Waals surface area contributed by atoms with Gasteiger partial charge in [-0.25, -0.2) is 0 Å². The standard InChI is InChI=1S/C21H30NP/c23-22-19-12-5-4-10-17(19)18-11-6-9-15-21(16-20(18)22)13-7-2-1-3-8-14-21/h4-5,10,12H,1-3,6-9,11,13-16,23H2. The van der Waals surface area contributed by atoms with Crippen LogP contribution < -0.4 is 0 Å². The van der Waals surface area contributed by atoms with E-state index in [-0.39, 0.29) is 0 Å². The van der Waals surface area contributed by atoms with Gasteiger partial charge >= 0.3 is 0 Å². The molecule has 23 heavy (non-hydrogen) atoms. The van der Waals surface area contributed by atoms with Crippen LogP contribution in [-0.2, 0) is 12.8 Å². The van der Waals surface area contributed by atoms with Crippen molar-refractivity contribution in [2.75, 3.05) is 0 Å². The maximum Gasteiger partial charge on any atom is 0.0514 e. The van der Waals surface area contributed by atoms with E-state index in [0.29, 0.717) is 5.41 Å². The highest BCUT2D eigenvalue weighted by Crippen LogP contribution is 2.45. The predicted octanol–water partition coefficient (Wildman–Crippen LogP) is 6.28. The van der Waals surface area contributed by atoms with Crippen molar-refractivity contribution in [1.82, 2.24) is 4.34 Å². The van der Waals surface area contributed by atoms with Gasteiger partial charge in [0.1, 0.15) is 0 Å². The van der Waals surface area contributed by atoms with E-state index in [4.69, 9.17) is 0 Å². The molecule has 1 aromatic heterocycles. The highest BCUT2D eigenvalue weighted by Gasteiger charge is 2.33. The second-order valence-corrected chi connectivity index (χ2v) is 8.48. The van der Waals surface area contributed by atoms with Gasteiger partial charge in [0.15, 0.2) is 0 Å². The molecular weight excluding hydrogens is 297 g/mol. The average molecular weight is 327 g/mol. The van der Waals surface area contributed by atoms with Crippen LogP contribution in [0.1, 0.15) is 75.5 Å². The van der Waals surface area contributed by atoms with Crippen molar-refractivity contribution in [1.29, 1.82) is 0 Å². The van der Waals surface area contributed by atoms with Crippen LogP contribution in [0.4, 0.5) is 0 Å². The summed E-state index contributed by atoms with van der Waals surface area (Å²) in [7, 11) is 3.01. The zero-order chi connectivity index (χ0) is 15.7. The Bertz CT molecular complexity index is 676. The molecule has 0 radical (unpaired) electrons. The molecule has 124 valence electrons. The normalized spacial score (nSPS) is 22.1. The van der Waals surface area contributed by atoms with Crippen molar-refractivity contribution in [3.05, 3.63) is 35.5 Å². The van der Waals surface area contributed by atoms with Crippen LogP contribution in [0.3, 0.4) is 0 Å². The topological polar surface area (TPSA) is 4.93 Å². The minimum atomic E-state index is 0.582. The Morgan fingerprint density at radius 3 is 2.26 bits per heavy atom. The van der Waals surface area contributed by atoms with Crippen LogP contribution in [0, 0.1) is 5.41 Å². The van der Waals surface area contributed by atoms with E-state index in [2.05, 4.69) is 38.0 Å². The number of hydrogen-bond acceptors (Lipinski definition) is 0. The van der Waals surface area contributed by atoms with Crippen molar-refractivity contribution in [3.63, 3.8) is 0 Å². The second kappa shape index (κ2) is 6.60. The lowest BCUT2D eigenvalue weighted by atomic mass is 9.68. The average Bonchev–Trinajstić information content (AvgIpc) is 2.77. The lowest BCUT2D eigenvalue weighted by Gasteiger charge is -2.37. The minimum absolute atomic E-state index is 0.582. The molecule has 1 saturated carbocycles. The van der Waals surface area contributed by atoms with Gasteiger partial charge in [-0.15, -0.1) is 0 Å². The van der Waals surface area contributed by atoms with Crippen molar-refractivity contribution in [2.24, 2.45) is 5.41 Å². The highest BCUT2D eigenvalue weighted by atomic mass is 31.0. The zero-order valence-electron chi connectivity index (χ0n) is 14.3. The summed E-state index contributed by atoms with van der Waals surface area (Å²) in [6.45, 7) is 0. The van der Waals surface area contributed by atoms with Crippen molar-refractivity contribution in [2.45, 2.75) is 77.0 Å². The summed E-state index contributed by atoms with van der Waals surface area (Å²) in [6, 6.07) is 9.01. The van der Waals surface area contributed by atoms with E-state index in [0.717, 1.165) is 0 Å². The molecule has 4 rings (SSSR count). The lowest BCUT2D eigenvalue weighted by molar-refractivity contribution is 0.179. The number of benzene rings is 1. The molecule has 1 heterocycles. The van der Waals surface area contributed by atoms with Gasteiger partial charge in [0.25, 0.3) is 0 Å². The maximum absolute atomic E-state index is 3.01. The van der Waals surface area contributed by atoms with Crippen molar-refractivity contribution >= 4 is 20.3 Å². The van der Waals surface area contributed by atoms with Crippen LogP contribution in [0.15, 0.2) is 24.3 Å². The van der Waals surface area contributed by atoms with Crippen LogP contribution >= 0.6 is 9.39 Å². The quantitative estimate of drug-likeness (QED) is 0.502. The first-order chi connectivity index (χ1) is 11.3. The maximum atomic E-state index is 3.01. The third kappa shape index (κ3) is 2.98. The molecule has 0 bridgehead atoms. The summed E-state index contributed by atoms with van der Waals surface area (Å²) in [6.07, 6.45) is 17.0. The van der Waals surface area contributed by atoms with Gasteiger partial charge in [0, 0.05) is 11.1 Å². The third-order valence-corrected chi connectivity index (χ3v) is 7.06. The SMILES string of the molecule is Pn1c2c(c3ccccc31)CCCCC1(CCCCCCC1)C2. The molecule has 0 amide bonds. The van der Waals surface area contributed by atoms with Crippen LogP contribution in [0.25, 0.3) is 10.9 Å². The Morgan fingerprint density at radius 2 is 1.48 bits per heavy atom. The minimum Gasteiger partial charge on any atom is -0.329 e. The number of para-hydroxylation sites is 1. The molecule has 1 spiro atoms. The molecule has 0 N–H and O–H groups in total. The third-order valence-electron chi connectivity index (χ3n) is 6.47. The fourth-order valence-corrected chi connectivity index (χ4v) is 5.66. The number of fused-ring (bicyclic) bond motifs is 3. The summed E-state index contributed by atoms with van der Waals surface area (Å²) in [5, 5.41) is 1.50. The fourth-order valence-electron chi connectivity index (χ4n) is 5.18. The molecule has 1 nitrogen and oxygen atoms in total. The largest absolute Gasteiger partial charge is 0.329 e. The molecule has 2 heteroatoms. The molecule has 0 aliphatic heterocycles. The van der Waals surface area contributed by atoms with Crippen molar-refractivity contribution in [3.8, 4) is 0 Å². The molecular formula is C21H30NP. The molecule has 2 aromatic rings. The van der Waals surface area contributed by atoms with E-state index < -0.39 is 0 Å². The predicted molar refractivity (Wildman–Crippen MR) is 103 cm³/mol. The molecule has 1 atom stereocenters. The molecule has 1 fully saturated rings. The molecule has 1 aromatic carbocycles. The Kier molecular flexibility index (Phi) is 4.50. The first-order valence-corrected chi connectivity index (χ1v) is 10.2. The second-order valence-electron chi connectivity index (χ2n) is 7.96. The van der Waals surface area contributed by atoms with E-state index in [9.17, 15) is 0 Å². The summed E-state index contributed by atoms with van der Waals surface area (Å²) >= 11 is 0. The number of nitrogens with zero attached hydrogens (tertiary/aromatic N) is 1. The van der Waals surface area contributed by atoms with Gasteiger partial charge in [-0.05, 0) is 65.0 Å². The van der Waals surface area contributed by atoms with Crippen molar-refractivity contribution < 1.29 is 0 Å². The summed E-state index contributed by atoms with van der Waals surface area (Å²) in [5.41, 5.74) is 5.26. The van der Waals surface area contributed by atoms with Gasteiger partial charge in [-0.2, -0.15) is 0 Å². The Hall–Kier alpha value is -0.810. The highest BCUT2D eigenvalue weighted by molar-refractivity contribution is 7.15. The van der Waals surface area contributed by atoms with Gasteiger partial charge in [0.05, 0.1) is 5.52 Å². The van der Waals surface area contributed by atoms with Crippen LogP contribution in [-0.4, -0.2) is 4.34 Å². The van der Waals surface area contributed by atoms with Gasteiger partial charge in [-0.1, -0.05) is 56.7 Å². The Morgan fingerprint density at radius 1 is 0.826 bits per heavy atom. The number of aromatic nitrogens is 1. The molecule has 2 aliphatic rings. The fraction of sp³-hybridized carbons (Fsp3) is 0.619. The Balaban J connectivity index is 1.77. The van der Waals surface area contributed by atoms with Crippen LogP contribution in [0.2, 0.25) is 0 Å². The molecule has 0 saturated heterocycles. The van der Waals surface area contributed by atoms with Gasteiger partial charge < -0.3 is 4.34 Å². The van der Waals surface area contributed by atoms with E-state index in [1.807, 2.05) is 0 Å². The number of rotatable bonds is 0. The summed E-state index contributed by atoms with van der Waals surface area (Å²) < 4.78 is 2.44. The first-order valence-electron chi connectivity index (χ1n) is 9.65. The van der Waals surface area contributed by atoms with Gasteiger partial charge in [0.2, 0.25) is 0 Å². The number of aryl methyl sites for hydroxylation is 1. The lowest BCUT2D eigenvalue weighted by Crippen LogP contribution is -2.27. The van der Waals surface area contributed by atoms with E-state index in [1.165, 1.54) is 88.0 Å². The van der Waals surface area contributed by atoms with E-state index in [1.54, 1.807) is 11.3 Å². The molecule has 2 aliphatic carbocycles.